The number of aromatic amines is 1. The summed E-state index contributed by atoms with van der Waals surface area (Å²) >= 11 is 0. The minimum Gasteiger partial charge on any atom is -0.344 e. The molecular weight excluding hydrogens is 654 g/mol. The van der Waals surface area contributed by atoms with Crippen LogP contribution in [0.3, 0.4) is 0 Å². The number of nitrogens with one attached hydrogen (secondary N) is 3. The van der Waals surface area contributed by atoms with E-state index >= 15 is 0 Å². The van der Waals surface area contributed by atoms with E-state index in [1.54, 1.807) is 0 Å². The summed E-state index contributed by atoms with van der Waals surface area (Å²) in [5, 5.41) is 5.68. The van der Waals surface area contributed by atoms with Crippen molar-refractivity contribution in [2.24, 2.45) is 16.8 Å². The lowest BCUT2D eigenvalue weighted by molar-refractivity contribution is -0.138. The standard InChI is InChI=1S/C41H51N7O4/c1-24(2)37(44-26(5)49)40(51)47-19-7-9-35(47)33-21-32(22-42-33)30-13-11-28(12-14-30)29-15-17-31(18-16-29)34-23-43-39(46-34)36-10-8-20-48(36)41(52)38(25(3)4)45-27(6)50/h11-18,22-25,35-38H,7-10,19-21H2,1-6H3,(H,43,46)(H,44,49)(H,45,50)/t35?,36?,37-,38-/m0/s1. The molecule has 3 aliphatic rings. The van der Waals surface area contributed by atoms with Gasteiger partial charge in [-0.25, -0.2) is 4.98 Å². The largest absolute Gasteiger partial charge is 0.344 e. The quantitative estimate of drug-likeness (QED) is 0.228. The van der Waals surface area contributed by atoms with E-state index in [0.29, 0.717) is 19.5 Å². The van der Waals surface area contributed by atoms with Crippen LogP contribution >= 0.6 is 0 Å². The first-order chi connectivity index (χ1) is 24.9. The van der Waals surface area contributed by atoms with Gasteiger partial charge in [-0.05, 0) is 65.3 Å². The van der Waals surface area contributed by atoms with Crippen LogP contribution in [0.1, 0.15) is 91.1 Å². The molecule has 3 aliphatic heterocycles. The number of aliphatic imine (C=N–C) groups is 1. The number of benzene rings is 2. The van der Waals surface area contributed by atoms with E-state index in [4.69, 9.17) is 4.99 Å². The summed E-state index contributed by atoms with van der Waals surface area (Å²) in [6, 6.07) is 15.6. The first-order valence-electron chi connectivity index (χ1n) is 18.6. The van der Waals surface area contributed by atoms with Crippen LogP contribution in [-0.4, -0.2) is 80.3 Å². The van der Waals surface area contributed by atoms with Gasteiger partial charge in [-0.3, -0.25) is 24.2 Å². The van der Waals surface area contributed by atoms with Gasteiger partial charge in [-0.2, -0.15) is 0 Å². The van der Waals surface area contributed by atoms with Crippen molar-refractivity contribution in [3.8, 4) is 22.4 Å². The number of aromatic nitrogens is 2. The molecule has 2 aromatic carbocycles. The molecule has 11 nitrogen and oxygen atoms in total. The zero-order chi connectivity index (χ0) is 37.1. The number of carbonyl (C=O) groups excluding carboxylic acids is 4. The molecule has 4 heterocycles. The zero-order valence-electron chi connectivity index (χ0n) is 31.1. The number of imidazole rings is 1. The summed E-state index contributed by atoms with van der Waals surface area (Å²) < 4.78 is 0. The fourth-order valence-electron chi connectivity index (χ4n) is 7.71. The normalized spacial score (nSPS) is 19.8. The van der Waals surface area contributed by atoms with Crippen LogP contribution in [0.4, 0.5) is 0 Å². The predicted molar refractivity (Wildman–Crippen MR) is 203 cm³/mol. The van der Waals surface area contributed by atoms with Crippen LogP contribution in [0.15, 0.2) is 65.9 Å². The van der Waals surface area contributed by atoms with Crippen molar-refractivity contribution in [2.75, 3.05) is 13.1 Å². The lowest BCUT2D eigenvalue weighted by Gasteiger charge is -2.31. The molecule has 4 amide bonds. The van der Waals surface area contributed by atoms with Crippen LogP contribution in [0.2, 0.25) is 0 Å². The van der Waals surface area contributed by atoms with Crippen molar-refractivity contribution in [1.82, 2.24) is 30.4 Å². The summed E-state index contributed by atoms with van der Waals surface area (Å²) in [4.78, 5) is 67.2. The Kier molecular flexibility index (Phi) is 11.1. The smallest absolute Gasteiger partial charge is 0.246 e. The number of amides is 4. The maximum atomic E-state index is 13.5. The summed E-state index contributed by atoms with van der Waals surface area (Å²) in [5.74, 6) is 0.243. The van der Waals surface area contributed by atoms with Crippen LogP contribution < -0.4 is 10.6 Å². The van der Waals surface area contributed by atoms with Gasteiger partial charge >= 0.3 is 0 Å². The third kappa shape index (κ3) is 7.88. The molecule has 11 heteroatoms. The first kappa shape index (κ1) is 36.7. The van der Waals surface area contributed by atoms with Gasteiger partial charge in [0, 0.05) is 45.3 Å². The highest BCUT2D eigenvalue weighted by Gasteiger charge is 2.39. The molecule has 6 rings (SSSR count). The Bertz CT molecular complexity index is 1860. The first-order valence-corrected chi connectivity index (χ1v) is 18.6. The predicted octanol–water partition coefficient (Wildman–Crippen LogP) is 5.91. The molecule has 3 N–H and O–H groups in total. The second-order valence-electron chi connectivity index (χ2n) is 15.0. The molecule has 2 saturated heterocycles. The fourth-order valence-corrected chi connectivity index (χ4v) is 7.71. The Labute approximate surface area is 306 Å². The van der Waals surface area contributed by atoms with Crippen molar-refractivity contribution in [3.63, 3.8) is 0 Å². The summed E-state index contributed by atoms with van der Waals surface area (Å²) in [7, 11) is 0. The fraction of sp³-hybridized carbons (Fsp3) is 0.463. The molecule has 0 bridgehead atoms. The molecule has 1 aromatic heterocycles. The van der Waals surface area contributed by atoms with E-state index in [1.165, 1.54) is 13.8 Å². The average molecular weight is 706 g/mol. The number of rotatable bonds is 11. The lowest BCUT2D eigenvalue weighted by atomic mass is 9.95. The molecule has 0 spiro atoms. The van der Waals surface area contributed by atoms with Crippen molar-refractivity contribution in [1.29, 1.82) is 0 Å². The molecular formula is C41H51N7O4. The summed E-state index contributed by atoms with van der Waals surface area (Å²) in [5.41, 5.74) is 7.33. The third-order valence-corrected chi connectivity index (χ3v) is 10.5. The van der Waals surface area contributed by atoms with E-state index in [1.807, 2.05) is 49.9 Å². The topological polar surface area (TPSA) is 140 Å². The number of nitrogens with zero attached hydrogens (tertiary/aromatic N) is 4. The highest BCUT2D eigenvalue weighted by atomic mass is 16.2. The van der Waals surface area contributed by atoms with Gasteiger partial charge in [0.1, 0.15) is 17.9 Å². The van der Waals surface area contributed by atoms with E-state index in [9.17, 15) is 19.2 Å². The third-order valence-electron chi connectivity index (χ3n) is 10.5. The maximum Gasteiger partial charge on any atom is 0.246 e. The van der Waals surface area contributed by atoms with Crippen LogP contribution in [0.5, 0.6) is 0 Å². The van der Waals surface area contributed by atoms with Crippen molar-refractivity contribution < 1.29 is 19.2 Å². The van der Waals surface area contributed by atoms with Gasteiger partial charge < -0.3 is 25.4 Å². The van der Waals surface area contributed by atoms with Crippen LogP contribution in [0, 0.1) is 11.8 Å². The zero-order valence-corrected chi connectivity index (χ0v) is 31.1. The SMILES string of the molecule is CC(=O)N[C@H](C(=O)N1CCCC1C1=NC=C(c2ccc(-c3ccc(-c4cnc(C5CCCN5C(=O)[C@@H](NC(C)=O)C(C)C)[nH]4)cc3)cc2)C1)C(C)C. The second kappa shape index (κ2) is 15.7. The molecule has 52 heavy (non-hydrogen) atoms. The Morgan fingerprint density at radius 3 is 1.71 bits per heavy atom. The van der Waals surface area contributed by atoms with Crippen molar-refractivity contribution >= 4 is 34.9 Å². The Balaban J connectivity index is 1.08. The van der Waals surface area contributed by atoms with Gasteiger partial charge in [-0.1, -0.05) is 76.2 Å². The molecule has 2 unspecified atom stereocenters. The number of hydrogen-bond donors (Lipinski definition) is 3. The van der Waals surface area contributed by atoms with Gasteiger partial charge in [0.25, 0.3) is 0 Å². The van der Waals surface area contributed by atoms with E-state index in [2.05, 4.69) is 69.1 Å². The Morgan fingerprint density at radius 2 is 1.19 bits per heavy atom. The van der Waals surface area contributed by atoms with Crippen molar-refractivity contribution in [2.45, 2.75) is 97.8 Å². The number of hydrogen-bond acceptors (Lipinski definition) is 6. The monoisotopic (exact) mass is 705 g/mol. The molecule has 0 saturated carbocycles. The number of carbonyl (C=O) groups is 4. The number of allylic oxidation sites excluding steroid dienone is 1. The highest BCUT2D eigenvalue weighted by Crippen LogP contribution is 2.34. The van der Waals surface area contributed by atoms with Gasteiger partial charge in [0.05, 0.1) is 24.0 Å². The highest BCUT2D eigenvalue weighted by molar-refractivity contribution is 6.04. The van der Waals surface area contributed by atoms with Crippen LogP contribution in [0.25, 0.3) is 28.0 Å². The number of H-pyrrole nitrogens is 1. The minimum absolute atomic E-state index is 0.00207. The average Bonchev–Trinajstić information content (AvgIpc) is 3.95. The molecule has 274 valence electrons. The molecule has 0 radical (unpaired) electrons. The molecule has 3 aromatic rings. The van der Waals surface area contributed by atoms with Gasteiger partial charge in [0.15, 0.2) is 0 Å². The van der Waals surface area contributed by atoms with Gasteiger partial charge in [0.2, 0.25) is 23.6 Å². The van der Waals surface area contributed by atoms with Crippen molar-refractivity contribution in [3.05, 3.63) is 72.3 Å². The molecule has 0 aliphatic carbocycles. The Morgan fingerprint density at radius 1 is 0.712 bits per heavy atom. The van der Waals surface area contributed by atoms with E-state index < -0.39 is 12.1 Å². The summed E-state index contributed by atoms with van der Waals surface area (Å²) in [6.45, 7) is 12.0. The van der Waals surface area contributed by atoms with E-state index in [0.717, 1.165) is 70.7 Å². The Hall–Kier alpha value is -5.06. The minimum atomic E-state index is -0.560. The summed E-state index contributed by atoms with van der Waals surface area (Å²) in [6.07, 6.45) is 7.95. The van der Waals surface area contributed by atoms with Crippen LogP contribution in [-0.2, 0) is 19.2 Å². The number of likely N-dealkylation sites (tertiary alicyclic amines) is 2. The molecule has 4 atom stereocenters. The van der Waals surface area contributed by atoms with E-state index in [-0.39, 0.29) is 47.5 Å². The van der Waals surface area contributed by atoms with Gasteiger partial charge in [-0.15, -0.1) is 0 Å². The molecule has 2 fully saturated rings. The second-order valence-corrected chi connectivity index (χ2v) is 15.0. The lowest BCUT2D eigenvalue weighted by Crippen LogP contribution is -2.53. The maximum absolute atomic E-state index is 13.5.